The molecule has 0 aliphatic heterocycles. The van der Waals surface area contributed by atoms with E-state index < -0.39 is 33.7 Å². The average molecular weight is 491 g/mol. The summed E-state index contributed by atoms with van der Waals surface area (Å²) in [6.07, 6.45) is -5.30. The Kier molecular flexibility index (Phi) is 7.68. The number of alkyl halides is 3. The van der Waals surface area contributed by atoms with Gasteiger partial charge in [0, 0.05) is 18.7 Å². The van der Waals surface area contributed by atoms with Gasteiger partial charge in [-0.2, -0.15) is 13.2 Å². The molecule has 33 heavy (non-hydrogen) atoms. The van der Waals surface area contributed by atoms with Crippen LogP contribution in [0, 0.1) is 0 Å². The number of amides is 1. The minimum absolute atomic E-state index is 0.123. The zero-order valence-corrected chi connectivity index (χ0v) is 18.4. The van der Waals surface area contributed by atoms with E-state index in [1.54, 1.807) is 5.32 Å². The number of hydrogen-bond donors (Lipinski definition) is 3. The Morgan fingerprint density at radius 3 is 2.15 bits per heavy atom. The molecule has 0 aliphatic rings. The topological polar surface area (TPSA) is 149 Å². The molecule has 1 aromatic carbocycles. The Morgan fingerprint density at radius 2 is 1.70 bits per heavy atom. The second kappa shape index (κ2) is 9.89. The number of methoxy groups -OCH3 is 1. The van der Waals surface area contributed by atoms with Crippen LogP contribution in [0.2, 0.25) is 0 Å². The third-order valence-electron chi connectivity index (χ3n) is 3.95. The third-order valence-corrected chi connectivity index (χ3v) is 5.33. The lowest BCUT2D eigenvalue weighted by atomic mass is 10.1. The number of anilines is 2. The maximum Gasteiger partial charge on any atom is 0.441 e. The van der Waals surface area contributed by atoms with Gasteiger partial charge < -0.3 is 20.1 Å². The number of esters is 1. The molecule has 1 unspecified atom stereocenters. The second-order valence-electron chi connectivity index (χ2n) is 6.37. The summed E-state index contributed by atoms with van der Waals surface area (Å²) in [5.74, 6) is -2.91. The molecule has 2 aromatic rings. The molecular formula is C18H20F3N5O6S. The number of carbonyl (C=O) groups is 2. The van der Waals surface area contributed by atoms with Crippen LogP contribution in [0.3, 0.4) is 0 Å². The van der Waals surface area contributed by atoms with Crippen molar-refractivity contribution in [1.29, 1.82) is 0 Å². The quantitative estimate of drug-likeness (QED) is 0.352. The van der Waals surface area contributed by atoms with Crippen LogP contribution in [0.25, 0.3) is 0 Å². The van der Waals surface area contributed by atoms with Gasteiger partial charge in [0.05, 0.1) is 18.6 Å². The number of rotatable bonds is 9. The summed E-state index contributed by atoms with van der Waals surface area (Å²) < 4.78 is 78.1. The Hall–Kier alpha value is -3.62. The van der Waals surface area contributed by atoms with Crippen LogP contribution in [0.5, 0.6) is 5.88 Å². The molecule has 2 rings (SSSR count). The summed E-state index contributed by atoms with van der Waals surface area (Å²) in [6, 6.07) is 6.60. The predicted octanol–water partition coefficient (Wildman–Crippen LogP) is 1.66. The monoisotopic (exact) mass is 491 g/mol. The number of hydrogen-bond acceptors (Lipinski definition) is 9. The largest absolute Gasteiger partial charge is 0.480 e. The summed E-state index contributed by atoms with van der Waals surface area (Å²) in [4.78, 5) is 23.3. The van der Waals surface area contributed by atoms with Crippen molar-refractivity contribution in [2.75, 3.05) is 23.8 Å². The molecular weight excluding hydrogens is 471 g/mol. The minimum Gasteiger partial charge on any atom is -0.480 e. The predicted molar refractivity (Wildman–Crippen MR) is 109 cm³/mol. The first-order valence-corrected chi connectivity index (χ1v) is 10.6. The fourth-order valence-electron chi connectivity index (χ4n) is 2.51. The van der Waals surface area contributed by atoms with Gasteiger partial charge in [0.25, 0.3) is 10.0 Å². The van der Waals surface area contributed by atoms with E-state index in [0.29, 0.717) is 0 Å². The fraction of sp³-hybridized carbons (Fsp3) is 0.333. The Labute approximate surface area is 186 Å². The maximum atomic E-state index is 13.9. The van der Waals surface area contributed by atoms with Crippen LogP contribution in [0.4, 0.5) is 24.7 Å². The minimum atomic E-state index is -5.30. The van der Waals surface area contributed by atoms with Gasteiger partial charge in [-0.1, -0.05) is 0 Å². The lowest BCUT2D eigenvalue weighted by Crippen LogP contribution is -2.69. The van der Waals surface area contributed by atoms with Gasteiger partial charge >= 0.3 is 17.8 Å². The van der Waals surface area contributed by atoms with Crippen LogP contribution >= 0.6 is 0 Å². The summed E-state index contributed by atoms with van der Waals surface area (Å²) in [5.41, 5.74) is -3.91. The van der Waals surface area contributed by atoms with E-state index in [2.05, 4.69) is 19.7 Å². The van der Waals surface area contributed by atoms with Gasteiger partial charge in [-0.3, -0.25) is 9.52 Å². The highest BCUT2D eigenvalue weighted by atomic mass is 32.2. The van der Waals surface area contributed by atoms with Crippen molar-refractivity contribution < 1.29 is 40.7 Å². The highest BCUT2D eigenvalue weighted by Gasteiger charge is 2.63. The lowest BCUT2D eigenvalue weighted by Gasteiger charge is -2.35. The number of carbonyl (C=O) groups excluding carboxylic acids is 2. The number of nitrogens with one attached hydrogen (secondary N) is 3. The van der Waals surface area contributed by atoms with Crippen molar-refractivity contribution in [3.8, 4) is 5.88 Å². The highest BCUT2D eigenvalue weighted by molar-refractivity contribution is 7.92. The van der Waals surface area contributed by atoms with Crippen molar-refractivity contribution >= 4 is 33.4 Å². The zero-order valence-electron chi connectivity index (χ0n) is 17.6. The molecule has 1 heterocycles. The first kappa shape index (κ1) is 25.6. The van der Waals surface area contributed by atoms with E-state index in [1.165, 1.54) is 26.2 Å². The summed E-state index contributed by atoms with van der Waals surface area (Å²) >= 11 is 0. The molecule has 3 N–H and O–H groups in total. The van der Waals surface area contributed by atoms with Gasteiger partial charge in [-0.15, -0.1) is 10.2 Å². The Morgan fingerprint density at radius 1 is 1.06 bits per heavy atom. The first-order valence-electron chi connectivity index (χ1n) is 9.16. The molecule has 11 nitrogen and oxygen atoms in total. The third kappa shape index (κ3) is 6.00. The van der Waals surface area contributed by atoms with Crippen LogP contribution < -0.4 is 20.1 Å². The molecule has 1 aromatic heterocycles. The molecule has 1 atom stereocenters. The number of sulfonamides is 1. The molecule has 0 aliphatic carbocycles. The highest BCUT2D eigenvalue weighted by Crippen LogP contribution is 2.33. The van der Waals surface area contributed by atoms with Gasteiger partial charge in [0.1, 0.15) is 0 Å². The van der Waals surface area contributed by atoms with E-state index in [0.717, 1.165) is 31.2 Å². The zero-order chi connectivity index (χ0) is 24.9. The molecule has 15 heteroatoms. The number of ether oxygens (including phenoxy) is 2. The molecule has 0 fully saturated rings. The normalized spacial score (nSPS) is 13.4. The molecule has 0 saturated heterocycles. The summed E-state index contributed by atoms with van der Waals surface area (Å²) in [5, 5.41) is 10.7. The van der Waals surface area contributed by atoms with Crippen LogP contribution in [-0.4, -0.2) is 56.0 Å². The Balaban J connectivity index is 2.33. The number of aromatic nitrogens is 2. The van der Waals surface area contributed by atoms with E-state index >= 15 is 0 Å². The van der Waals surface area contributed by atoms with E-state index in [-0.39, 0.29) is 28.9 Å². The van der Waals surface area contributed by atoms with E-state index in [1.807, 2.05) is 5.32 Å². The molecule has 0 saturated carbocycles. The number of nitrogens with zero attached hydrogens (tertiary/aromatic N) is 2. The molecule has 0 spiro atoms. The summed E-state index contributed by atoms with van der Waals surface area (Å²) in [7, 11) is -2.82. The molecule has 180 valence electrons. The van der Waals surface area contributed by atoms with E-state index in [9.17, 15) is 31.2 Å². The van der Waals surface area contributed by atoms with Gasteiger partial charge in [-0.05, 0) is 37.3 Å². The average Bonchev–Trinajstić information content (AvgIpc) is 2.73. The van der Waals surface area contributed by atoms with Crippen molar-refractivity contribution in [2.24, 2.45) is 0 Å². The van der Waals surface area contributed by atoms with Crippen LogP contribution in [-0.2, 0) is 24.3 Å². The SMILES string of the molecule is CCOC(=O)C(NC(C)=O)(Nc1ccc(S(=O)(=O)Nc2ccc(OC)nn2)cc1)C(F)(F)F. The fourth-order valence-corrected chi connectivity index (χ4v) is 3.50. The number of halogens is 3. The van der Waals surface area contributed by atoms with Crippen molar-refractivity contribution in [3.63, 3.8) is 0 Å². The van der Waals surface area contributed by atoms with Gasteiger partial charge in [0.2, 0.25) is 11.8 Å². The molecule has 0 bridgehead atoms. The van der Waals surface area contributed by atoms with Crippen LogP contribution in [0.1, 0.15) is 13.8 Å². The lowest BCUT2D eigenvalue weighted by molar-refractivity contribution is -0.207. The first-order chi connectivity index (χ1) is 15.3. The van der Waals surface area contributed by atoms with Crippen molar-refractivity contribution in [2.45, 2.75) is 30.6 Å². The smallest absolute Gasteiger partial charge is 0.441 e. The second-order valence-corrected chi connectivity index (χ2v) is 8.05. The van der Waals surface area contributed by atoms with Crippen molar-refractivity contribution in [1.82, 2.24) is 15.5 Å². The number of benzene rings is 1. The molecule has 1 amide bonds. The Bertz CT molecular complexity index is 1090. The van der Waals surface area contributed by atoms with Crippen LogP contribution in [0.15, 0.2) is 41.3 Å². The standard InChI is InChI=1S/C18H20F3N5O6S/c1-4-32-16(28)17(18(19,20)21,22-11(2)27)23-12-5-7-13(8-6-12)33(29,30)26-14-9-10-15(31-3)25-24-14/h5-10,23H,4H2,1-3H3,(H,22,27)(H,24,26). The van der Waals surface area contributed by atoms with Gasteiger partial charge in [0.15, 0.2) is 5.82 Å². The maximum absolute atomic E-state index is 13.9. The summed E-state index contributed by atoms with van der Waals surface area (Å²) in [6.45, 7) is 1.71. The van der Waals surface area contributed by atoms with Crippen molar-refractivity contribution in [3.05, 3.63) is 36.4 Å². The molecule has 0 radical (unpaired) electrons. The van der Waals surface area contributed by atoms with Gasteiger partial charge in [-0.25, -0.2) is 13.2 Å². The van der Waals surface area contributed by atoms with E-state index in [4.69, 9.17) is 4.74 Å².